The molecule has 1 aromatic rings. The first-order valence-electron chi connectivity index (χ1n) is 7.26. The van der Waals surface area contributed by atoms with Gasteiger partial charge in [-0.3, -0.25) is 4.79 Å². The van der Waals surface area contributed by atoms with Crippen molar-refractivity contribution in [2.45, 2.75) is 44.7 Å². The van der Waals surface area contributed by atoms with Gasteiger partial charge in [-0.2, -0.15) is 0 Å². The third kappa shape index (κ3) is 4.04. The Morgan fingerprint density at radius 1 is 1.25 bits per heavy atom. The zero-order valence-corrected chi connectivity index (χ0v) is 11.9. The molecule has 110 valence electrons. The molecule has 2 unspecified atom stereocenters. The maximum absolute atomic E-state index is 12.9. The summed E-state index contributed by atoms with van der Waals surface area (Å²) < 4.78 is 17.8. The molecule has 0 amide bonds. The highest BCUT2D eigenvalue weighted by Crippen LogP contribution is 2.25. The zero-order chi connectivity index (χ0) is 14.4. The molecule has 4 heteroatoms. The number of halogens is 1. The van der Waals surface area contributed by atoms with Crippen LogP contribution < -0.4 is 5.32 Å². The predicted molar refractivity (Wildman–Crippen MR) is 75.6 cm³/mol. The Kier molecular flexibility index (Phi) is 5.53. The molecule has 2 rings (SSSR count). The topological polar surface area (TPSA) is 38.3 Å². The van der Waals surface area contributed by atoms with Crippen LogP contribution in [0, 0.1) is 11.7 Å². The molecule has 1 N–H and O–H groups in total. The lowest BCUT2D eigenvalue weighted by Crippen LogP contribution is -2.39. The lowest BCUT2D eigenvalue weighted by Gasteiger charge is -2.24. The second kappa shape index (κ2) is 7.39. The molecule has 1 aliphatic rings. The fraction of sp³-hybridized carbons (Fsp3) is 0.562. The van der Waals surface area contributed by atoms with Crippen molar-refractivity contribution in [1.82, 2.24) is 5.32 Å². The fourth-order valence-electron chi connectivity index (χ4n) is 2.84. The van der Waals surface area contributed by atoms with Crippen molar-refractivity contribution in [1.29, 1.82) is 0 Å². The van der Waals surface area contributed by atoms with E-state index in [1.807, 2.05) is 0 Å². The summed E-state index contributed by atoms with van der Waals surface area (Å²) in [5.74, 6) is -0.415. The van der Waals surface area contributed by atoms with E-state index < -0.39 is 0 Å². The van der Waals surface area contributed by atoms with Crippen molar-refractivity contribution in [3.8, 4) is 0 Å². The summed E-state index contributed by atoms with van der Waals surface area (Å²) in [5.41, 5.74) is 1.03. The third-order valence-electron chi connectivity index (χ3n) is 4.00. The molecule has 1 aromatic carbocycles. The van der Waals surface area contributed by atoms with Crippen LogP contribution in [0.25, 0.3) is 0 Å². The maximum atomic E-state index is 12.9. The van der Waals surface area contributed by atoms with Crippen molar-refractivity contribution in [3.05, 3.63) is 35.6 Å². The van der Waals surface area contributed by atoms with E-state index >= 15 is 0 Å². The Bertz CT molecular complexity index is 433. The Morgan fingerprint density at radius 3 is 2.65 bits per heavy atom. The molecule has 1 fully saturated rings. The molecule has 0 aliphatic heterocycles. The quantitative estimate of drug-likeness (QED) is 0.680. The summed E-state index contributed by atoms with van der Waals surface area (Å²) in [4.78, 5) is 11.9. The van der Waals surface area contributed by atoms with Crippen LogP contribution in [0.15, 0.2) is 24.3 Å². The number of nitrogens with one attached hydrogen (secondary N) is 1. The number of esters is 1. The molecule has 0 aromatic heterocycles. The van der Waals surface area contributed by atoms with E-state index in [4.69, 9.17) is 4.74 Å². The van der Waals surface area contributed by atoms with E-state index in [-0.39, 0.29) is 23.7 Å². The highest BCUT2D eigenvalue weighted by Gasteiger charge is 2.29. The monoisotopic (exact) mass is 279 g/mol. The first-order valence-corrected chi connectivity index (χ1v) is 7.26. The minimum Gasteiger partial charge on any atom is -0.469 e. The molecule has 20 heavy (non-hydrogen) atoms. The van der Waals surface area contributed by atoms with E-state index in [1.54, 1.807) is 12.1 Å². The van der Waals surface area contributed by atoms with Crippen LogP contribution in [0.4, 0.5) is 4.39 Å². The highest BCUT2D eigenvalue weighted by atomic mass is 19.1. The molecule has 0 bridgehead atoms. The van der Waals surface area contributed by atoms with Gasteiger partial charge in [-0.25, -0.2) is 4.39 Å². The number of benzene rings is 1. The maximum Gasteiger partial charge on any atom is 0.310 e. The first-order chi connectivity index (χ1) is 9.70. The van der Waals surface area contributed by atoms with Crippen LogP contribution in [-0.4, -0.2) is 19.1 Å². The van der Waals surface area contributed by atoms with Crippen LogP contribution >= 0.6 is 0 Å². The predicted octanol–water partition coefficient (Wildman–Crippen LogP) is 3.04. The van der Waals surface area contributed by atoms with Gasteiger partial charge in [0.15, 0.2) is 0 Å². The summed E-state index contributed by atoms with van der Waals surface area (Å²) in [7, 11) is 1.45. The van der Waals surface area contributed by atoms with Gasteiger partial charge in [0.1, 0.15) is 5.82 Å². The van der Waals surface area contributed by atoms with Crippen LogP contribution in [-0.2, 0) is 16.1 Å². The Labute approximate surface area is 119 Å². The third-order valence-corrected chi connectivity index (χ3v) is 4.00. The summed E-state index contributed by atoms with van der Waals surface area (Å²) in [6, 6.07) is 6.61. The van der Waals surface area contributed by atoms with Gasteiger partial charge in [0.2, 0.25) is 0 Å². The van der Waals surface area contributed by atoms with Gasteiger partial charge >= 0.3 is 5.97 Å². The fourth-order valence-corrected chi connectivity index (χ4v) is 2.84. The van der Waals surface area contributed by atoms with Gasteiger partial charge in [-0.15, -0.1) is 0 Å². The summed E-state index contributed by atoms with van der Waals surface area (Å²) in [5, 5.41) is 3.44. The average Bonchev–Trinajstić information content (AvgIpc) is 2.71. The van der Waals surface area contributed by atoms with Crippen LogP contribution in [0.2, 0.25) is 0 Å². The largest absolute Gasteiger partial charge is 0.469 e. The molecule has 2 atom stereocenters. The van der Waals surface area contributed by atoms with Crippen molar-refractivity contribution in [3.63, 3.8) is 0 Å². The van der Waals surface area contributed by atoms with Gasteiger partial charge in [-0.1, -0.05) is 31.4 Å². The minimum atomic E-state index is -0.226. The number of methoxy groups -OCH3 is 1. The second-order valence-electron chi connectivity index (χ2n) is 5.38. The number of carbonyl (C=O) groups is 1. The van der Waals surface area contributed by atoms with Crippen molar-refractivity contribution in [2.75, 3.05) is 7.11 Å². The normalized spacial score (nSPS) is 23.1. The second-order valence-corrected chi connectivity index (χ2v) is 5.38. The standard InChI is InChI=1S/C16H22FNO2/c1-20-16(19)14-5-3-2-4-6-15(14)18-11-12-7-9-13(17)10-8-12/h7-10,14-15,18H,2-6,11H2,1H3. The minimum absolute atomic E-state index is 0.0667. The molecular formula is C16H22FNO2. The van der Waals surface area contributed by atoms with Crippen molar-refractivity contribution >= 4 is 5.97 Å². The number of carbonyl (C=O) groups excluding carboxylic acids is 1. The lowest BCUT2D eigenvalue weighted by atomic mass is 9.94. The van der Waals surface area contributed by atoms with Crippen LogP contribution in [0.3, 0.4) is 0 Å². The van der Waals surface area contributed by atoms with E-state index in [9.17, 15) is 9.18 Å². The van der Waals surface area contributed by atoms with E-state index in [1.165, 1.54) is 25.7 Å². The first kappa shape index (κ1) is 15.0. The molecule has 1 saturated carbocycles. The molecule has 0 spiro atoms. The molecule has 3 nitrogen and oxygen atoms in total. The number of ether oxygens (including phenoxy) is 1. The van der Waals surface area contributed by atoms with Crippen molar-refractivity contribution in [2.24, 2.45) is 5.92 Å². The molecule has 0 saturated heterocycles. The average molecular weight is 279 g/mol. The van der Waals surface area contributed by atoms with Gasteiger partial charge in [-0.05, 0) is 30.5 Å². The van der Waals surface area contributed by atoms with E-state index in [0.717, 1.165) is 31.2 Å². The summed E-state index contributed by atoms with van der Waals surface area (Å²) >= 11 is 0. The smallest absolute Gasteiger partial charge is 0.310 e. The summed E-state index contributed by atoms with van der Waals surface area (Å²) in [6.45, 7) is 0.651. The molecular weight excluding hydrogens is 257 g/mol. The zero-order valence-electron chi connectivity index (χ0n) is 11.9. The van der Waals surface area contributed by atoms with Crippen LogP contribution in [0.1, 0.15) is 37.7 Å². The van der Waals surface area contributed by atoms with E-state index in [0.29, 0.717) is 6.54 Å². The van der Waals surface area contributed by atoms with Crippen molar-refractivity contribution < 1.29 is 13.9 Å². The molecule has 0 heterocycles. The number of hydrogen-bond donors (Lipinski definition) is 1. The Balaban J connectivity index is 1.96. The number of rotatable bonds is 4. The van der Waals surface area contributed by atoms with Gasteiger partial charge in [0.05, 0.1) is 13.0 Å². The van der Waals surface area contributed by atoms with Gasteiger partial charge in [0.25, 0.3) is 0 Å². The van der Waals surface area contributed by atoms with E-state index in [2.05, 4.69) is 5.32 Å². The Morgan fingerprint density at radius 2 is 1.95 bits per heavy atom. The SMILES string of the molecule is COC(=O)C1CCCCCC1NCc1ccc(F)cc1. The Hall–Kier alpha value is -1.42. The van der Waals surface area contributed by atoms with Crippen LogP contribution in [0.5, 0.6) is 0 Å². The number of hydrogen-bond acceptors (Lipinski definition) is 3. The summed E-state index contributed by atoms with van der Waals surface area (Å²) in [6.07, 6.45) is 5.25. The molecule has 1 aliphatic carbocycles. The lowest BCUT2D eigenvalue weighted by molar-refractivity contribution is -0.146. The molecule has 0 radical (unpaired) electrons. The van der Waals surface area contributed by atoms with Gasteiger partial charge < -0.3 is 10.1 Å². The van der Waals surface area contributed by atoms with Gasteiger partial charge in [0, 0.05) is 12.6 Å². The highest BCUT2D eigenvalue weighted by molar-refractivity contribution is 5.73.